The van der Waals surface area contributed by atoms with E-state index in [1.54, 1.807) is 36.0 Å². The molecule has 3 aromatic carbocycles. The van der Waals surface area contributed by atoms with Crippen molar-refractivity contribution >= 4 is 39.1 Å². The number of thioether (sulfide) groups is 1. The number of aryl methyl sites for hydroxylation is 2. The number of carbonyl (C=O) groups is 1. The summed E-state index contributed by atoms with van der Waals surface area (Å²) < 4.78 is 28.4. The molecule has 34 heavy (non-hydrogen) atoms. The molecule has 0 bridgehead atoms. The fourth-order valence-corrected chi connectivity index (χ4v) is 6.13. The van der Waals surface area contributed by atoms with Gasteiger partial charge in [-0.15, -0.1) is 11.8 Å². The summed E-state index contributed by atoms with van der Waals surface area (Å²) in [5, 5.41) is -0.148. The Hall–Kier alpha value is -2.77. The molecule has 7 heteroatoms. The first kappa shape index (κ1) is 24.4. The van der Waals surface area contributed by atoms with Crippen LogP contribution in [0.15, 0.2) is 71.6 Å². The third kappa shape index (κ3) is 5.00. The maximum atomic E-state index is 12.9. The Labute approximate surface area is 206 Å². The van der Waals surface area contributed by atoms with E-state index in [0.29, 0.717) is 11.4 Å². The topological polar surface area (TPSA) is 66.5 Å². The van der Waals surface area contributed by atoms with Crippen molar-refractivity contribution in [3.63, 3.8) is 0 Å². The summed E-state index contributed by atoms with van der Waals surface area (Å²) >= 11 is 1.57. The number of hydrogen-bond acceptors (Lipinski definition) is 4. The van der Waals surface area contributed by atoms with Crippen LogP contribution in [0.4, 0.5) is 11.4 Å². The number of carbonyl (C=O) groups excluding carboxylic acids is 1. The average Bonchev–Trinajstić information content (AvgIpc) is 3.17. The molecule has 1 aliphatic heterocycles. The zero-order chi connectivity index (χ0) is 24.7. The second kappa shape index (κ2) is 9.12. The van der Waals surface area contributed by atoms with Gasteiger partial charge in [-0.25, -0.2) is 8.42 Å². The van der Waals surface area contributed by atoms with Crippen LogP contribution in [-0.4, -0.2) is 20.1 Å². The molecule has 1 N–H and O–H groups in total. The van der Waals surface area contributed by atoms with Crippen LogP contribution in [0, 0.1) is 13.8 Å². The van der Waals surface area contributed by atoms with E-state index in [4.69, 9.17) is 0 Å². The molecule has 5 nitrogen and oxygen atoms in total. The van der Waals surface area contributed by atoms with Crippen molar-refractivity contribution in [3.8, 4) is 0 Å². The van der Waals surface area contributed by atoms with Gasteiger partial charge >= 0.3 is 0 Å². The summed E-state index contributed by atoms with van der Waals surface area (Å²) in [6.07, 6.45) is 0. The minimum Gasteiger partial charge on any atom is -0.295 e. The monoisotopic (exact) mass is 494 g/mol. The molecular formula is C27H30N2O3S2. The lowest BCUT2D eigenvalue weighted by molar-refractivity contribution is -0.115. The molecule has 1 atom stereocenters. The molecule has 0 spiro atoms. The maximum Gasteiger partial charge on any atom is 0.261 e. The van der Waals surface area contributed by atoms with Crippen molar-refractivity contribution in [3.05, 3.63) is 89.0 Å². The van der Waals surface area contributed by atoms with E-state index in [-0.39, 0.29) is 21.6 Å². The van der Waals surface area contributed by atoms with Gasteiger partial charge in [-0.1, -0.05) is 51.1 Å². The summed E-state index contributed by atoms with van der Waals surface area (Å²) in [5.74, 6) is 0.484. The summed E-state index contributed by atoms with van der Waals surface area (Å²) in [6, 6.07) is 20.3. The second-order valence-corrected chi connectivity index (χ2v) is 12.4. The predicted molar refractivity (Wildman–Crippen MR) is 141 cm³/mol. The highest BCUT2D eigenvalue weighted by Crippen LogP contribution is 2.42. The van der Waals surface area contributed by atoms with Crippen LogP contribution in [-0.2, 0) is 20.2 Å². The van der Waals surface area contributed by atoms with Crippen molar-refractivity contribution in [2.24, 2.45) is 0 Å². The highest BCUT2D eigenvalue weighted by molar-refractivity contribution is 8.00. The number of benzene rings is 3. The lowest BCUT2D eigenvalue weighted by atomic mass is 9.87. The van der Waals surface area contributed by atoms with Gasteiger partial charge in [0, 0.05) is 11.4 Å². The molecular weight excluding hydrogens is 464 g/mol. The zero-order valence-corrected chi connectivity index (χ0v) is 21.8. The molecule has 0 aliphatic carbocycles. The van der Waals surface area contributed by atoms with E-state index in [9.17, 15) is 13.2 Å². The SMILES string of the molecule is Cc1ccc(N2C(=O)CSC2c2ccc(NS(=O)(=O)c3ccc(C(C)(C)C)cc3)cc2)cc1C. The summed E-state index contributed by atoms with van der Waals surface area (Å²) in [5.41, 5.74) is 5.67. The fraction of sp³-hybridized carbons (Fsp3) is 0.296. The molecule has 1 amide bonds. The Kier molecular flexibility index (Phi) is 6.53. The first-order valence-corrected chi connectivity index (χ1v) is 13.7. The van der Waals surface area contributed by atoms with Crippen molar-refractivity contribution in [2.45, 2.75) is 50.3 Å². The Morgan fingerprint density at radius 2 is 1.56 bits per heavy atom. The van der Waals surface area contributed by atoms with E-state index >= 15 is 0 Å². The number of sulfonamides is 1. The minimum atomic E-state index is -3.70. The van der Waals surface area contributed by atoms with Gasteiger partial charge in [-0.3, -0.25) is 14.4 Å². The zero-order valence-electron chi connectivity index (χ0n) is 20.1. The van der Waals surface area contributed by atoms with Crippen LogP contribution in [0.2, 0.25) is 0 Å². The van der Waals surface area contributed by atoms with Gasteiger partial charge in [-0.2, -0.15) is 0 Å². The van der Waals surface area contributed by atoms with Crippen LogP contribution >= 0.6 is 11.8 Å². The van der Waals surface area contributed by atoms with Gasteiger partial charge in [0.2, 0.25) is 5.91 Å². The molecule has 1 saturated heterocycles. The molecule has 4 rings (SSSR count). The molecule has 178 valence electrons. The first-order chi connectivity index (χ1) is 16.0. The van der Waals surface area contributed by atoms with Gasteiger partial charge in [0.05, 0.1) is 10.6 Å². The largest absolute Gasteiger partial charge is 0.295 e. The number of hydrogen-bond donors (Lipinski definition) is 1. The smallest absolute Gasteiger partial charge is 0.261 e. The van der Waals surface area contributed by atoms with Crippen molar-refractivity contribution in [1.29, 1.82) is 0 Å². The first-order valence-electron chi connectivity index (χ1n) is 11.2. The van der Waals surface area contributed by atoms with Crippen molar-refractivity contribution in [1.82, 2.24) is 0 Å². The fourth-order valence-electron chi connectivity index (χ4n) is 3.89. The van der Waals surface area contributed by atoms with Crippen LogP contribution in [0.5, 0.6) is 0 Å². The lowest BCUT2D eigenvalue weighted by Gasteiger charge is -2.25. The quantitative estimate of drug-likeness (QED) is 0.460. The van der Waals surface area contributed by atoms with E-state index < -0.39 is 10.0 Å². The molecule has 0 radical (unpaired) electrons. The molecule has 1 fully saturated rings. The standard InChI is InChI=1S/C27H30N2O3S2/c1-18-6-13-23(16-19(18)2)29-25(30)17-33-26(29)20-7-11-22(12-8-20)28-34(31,32)24-14-9-21(10-15-24)27(3,4)5/h6-16,26,28H,17H2,1-5H3. The summed E-state index contributed by atoms with van der Waals surface area (Å²) in [7, 11) is -3.70. The van der Waals surface area contributed by atoms with E-state index in [2.05, 4.69) is 32.4 Å². The highest BCUT2D eigenvalue weighted by atomic mass is 32.2. The van der Waals surface area contributed by atoms with Gasteiger partial charge in [0.1, 0.15) is 5.37 Å². The van der Waals surface area contributed by atoms with Gasteiger partial charge in [-0.05, 0) is 77.9 Å². The van der Waals surface area contributed by atoms with Crippen LogP contribution < -0.4 is 9.62 Å². The molecule has 0 saturated carbocycles. The minimum absolute atomic E-state index is 0.0453. The summed E-state index contributed by atoms with van der Waals surface area (Å²) in [6.45, 7) is 10.4. The van der Waals surface area contributed by atoms with Crippen LogP contribution in [0.1, 0.15) is 48.4 Å². The normalized spacial score (nSPS) is 16.7. The Bertz CT molecular complexity index is 1310. The maximum absolute atomic E-state index is 12.9. The van der Waals surface area contributed by atoms with Crippen molar-refractivity contribution in [2.75, 3.05) is 15.4 Å². The van der Waals surface area contributed by atoms with E-state index in [1.165, 1.54) is 5.56 Å². The van der Waals surface area contributed by atoms with Gasteiger partial charge in [0.25, 0.3) is 10.0 Å². The highest BCUT2D eigenvalue weighted by Gasteiger charge is 2.34. The molecule has 3 aromatic rings. The molecule has 0 aromatic heterocycles. The summed E-state index contributed by atoms with van der Waals surface area (Å²) in [4.78, 5) is 14.7. The molecule has 1 heterocycles. The number of nitrogens with one attached hydrogen (secondary N) is 1. The Morgan fingerprint density at radius 1 is 0.912 bits per heavy atom. The van der Waals surface area contributed by atoms with Crippen LogP contribution in [0.25, 0.3) is 0 Å². The number of nitrogens with zero attached hydrogens (tertiary/aromatic N) is 1. The Morgan fingerprint density at radius 3 is 2.15 bits per heavy atom. The van der Waals surface area contributed by atoms with Crippen LogP contribution in [0.3, 0.4) is 0 Å². The third-order valence-corrected chi connectivity index (χ3v) is 8.72. The van der Waals surface area contributed by atoms with Gasteiger partial charge < -0.3 is 0 Å². The van der Waals surface area contributed by atoms with Crippen molar-refractivity contribution < 1.29 is 13.2 Å². The van der Waals surface area contributed by atoms with E-state index in [1.807, 2.05) is 54.3 Å². The number of rotatable bonds is 5. The predicted octanol–water partition coefficient (Wildman–Crippen LogP) is 6.18. The molecule has 1 aliphatic rings. The lowest BCUT2D eigenvalue weighted by Crippen LogP contribution is -2.27. The molecule has 1 unspecified atom stereocenters. The van der Waals surface area contributed by atoms with E-state index in [0.717, 1.165) is 22.4 Å². The average molecular weight is 495 g/mol. The third-order valence-electron chi connectivity index (χ3n) is 6.12. The number of anilines is 2. The second-order valence-electron chi connectivity index (χ2n) is 9.70. The number of amides is 1. The van der Waals surface area contributed by atoms with Gasteiger partial charge in [0.15, 0.2) is 0 Å². The Balaban J connectivity index is 1.53.